The number of carbonyl (C=O) groups excluding carboxylic acids is 1. The second kappa shape index (κ2) is 6.88. The number of rotatable bonds is 3. The Bertz CT molecular complexity index is 1010. The van der Waals surface area contributed by atoms with E-state index in [2.05, 4.69) is 4.99 Å². The molecule has 140 valence electrons. The number of anilines is 1. The Hall–Kier alpha value is -2.55. The molecule has 1 amide bonds. The molecule has 4 rings (SSSR count). The van der Waals surface area contributed by atoms with Crippen molar-refractivity contribution in [2.24, 2.45) is 4.99 Å². The van der Waals surface area contributed by atoms with E-state index in [0.717, 1.165) is 11.3 Å². The fraction of sp³-hybridized carbons (Fsp3) is 0.263. The molecule has 8 heteroatoms. The maximum absolute atomic E-state index is 12.7. The fourth-order valence-electron chi connectivity index (χ4n) is 3.22. The lowest BCUT2D eigenvalue weighted by atomic mass is 10.1. The van der Waals surface area contributed by atoms with Gasteiger partial charge in [0.25, 0.3) is 5.91 Å². The van der Waals surface area contributed by atoms with E-state index in [0.29, 0.717) is 37.7 Å². The molecule has 2 aromatic carbocycles. The van der Waals surface area contributed by atoms with Crippen molar-refractivity contribution in [1.29, 1.82) is 0 Å². The van der Waals surface area contributed by atoms with Gasteiger partial charge in [-0.1, -0.05) is 18.2 Å². The molecule has 0 unspecified atom stereocenters. The lowest BCUT2D eigenvalue weighted by Gasteiger charge is -2.26. The van der Waals surface area contributed by atoms with Crippen molar-refractivity contribution in [2.75, 3.05) is 38.3 Å². The van der Waals surface area contributed by atoms with Gasteiger partial charge in [-0.15, -0.1) is 0 Å². The summed E-state index contributed by atoms with van der Waals surface area (Å²) in [6.07, 6.45) is 0. The molecule has 2 aromatic rings. The minimum Gasteiger partial charge on any atom is -0.379 e. The van der Waals surface area contributed by atoms with Gasteiger partial charge < -0.3 is 9.64 Å². The average molecular weight is 385 g/mol. The Labute approximate surface area is 157 Å². The number of benzene rings is 2. The Morgan fingerprint density at radius 3 is 2.37 bits per heavy atom. The van der Waals surface area contributed by atoms with Gasteiger partial charge in [0, 0.05) is 25.7 Å². The number of aliphatic imine (C=N–C) groups is 1. The lowest BCUT2D eigenvalue weighted by Crippen LogP contribution is -2.40. The molecule has 0 saturated carbocycles. The molecular formula is C19H19N3O4S. The van der Waals surface area contributed by atoms with Crippen LogP contribution in [-0.2, 0) is 19.6 Å². The van der Waals surface area contributed by atoms with E-state index in [-0.39, 0.29) is 10.8 Å². The zero-order chi connectivity index (χ0) is 19.0. The number of morpholine rings is 1. The van der Waals surface area contributed by atoms with Crippen LogP contribution in [-0.4, -0.2) is 57.7 Å². The second-order valence-corrected chi connectivity index (χ2v) is 8.29. The van der Waals surface area contributed by atoms with Crippen LogP contribution in [0.2, 0.25) is 0 Å². The Balaban J connectivity index is 1.64. The summed E-state index contributed by atoms with van der Waals surface area (Å²) in [5.41, 5.74) is 2.48. The maximum atomic E-state index is 12.7. The minimum atomic E-state index is -3.54. The number of likely N-dealkylation sites (N-methyl/N-ethyl adjacent to an activating group) is 1. The number of carbonyl (C=O) groups is 1. The number of hydrogen-bond donors (Lipinski definition) is 0. The van der Waals surface area contributed by atoms with Gasteiger partial charge in [0.15, 0.2) is 0 Å². The monoisotopic (exact) mass is 385 g/mol. The predicted octanol–water partition coefficient (Wildman–Crippen LogP) is 1.80. The van der Waals surface area contributed by atoms with Crippen LogP contribution in [0.25, 0.3) is 0 Å². The quantitative estimate of drug-likeness (QED) is 0.807. The fourth-order valence-corrected chi connectivity index (χ4v) is 4.62. The molecule has 2 aliphatic rings. The minimum absolute atomic E-state index is 0.179. The van der Waals surface area contributed by atoms with Crippen LogP contribution in [0, 0.1) is 0 Å². The summed E-state index contributed by atoms with van der Waals surface area (Å²) in [5, 5.41) is 0. The molecule has 2 heterocycles. The SMILES string of the molecule is CN1C(=O)C(=Nc2ccc(S(=O)(=O)N3CCOCC3)cc2)c2ccccc21. The van der Waals surface area contributed by atoms with Crippen LogP contribution < -0.4 is 4.90 Å². The summed E-state index contributed by atoms with van der Waals surface area (Å²) in [4.78, 5) is 18.7. The molecule has 1 saturated heterocycles. The highest BCUT2D eigenvalue weighted by Gasteiger charge is 2.31. The molecule has 1 fully saturated rings. The van der Waals surface area contributed by atoms with E-state index in [9.17, 15) is 13.2 Å². The Morgan fingerprint density at radius 2 is 1.67 bits per heavy atom. The highest BCUT2D eigenvalue weighted by Crippen LogP contribution is 2.29. The molecule has 0 aliphatic carbocycles. The molecule has 27 heavy (non-hydrogen) atoms. The standard InChI is InChI=1S/C19H19N3O4S/c1-21-17-5-3-2-4-16(17)18(19(21)23)20-14-6-8-15(9-7-14)27(24,25)22-10-12-26-13-11-22/h2-9H,10-13H2,1H3. The number of ether oxygens (including phenoxy) is 1. The molecule has 0 spiro atoms. The van der Waals surface area contributed by atoms with Crippen molar-refractivity contribution in [3.8, 4) is 0 Å². The van der Waals surface area contributed by atoms with Crippen LogP contribution in [0.1, 0.15) is 5.56 Å². The third kappa shape index (κ3) is 3.16. The van der Waals surface area contributed by atoms with Crippen molar-refractivity contribution < 1.29 is 17.9 Å². The van der Waals surface area contributed by atoms with Crippen molar-refractivity contribution in [1.82, 2.24) is 4.31 Å². The van der Waals surface area contributed by atoms with Gasteiger partial charge in [-0.05, 0) is 30.3 Å². The first kappa shape index (κ1) is 17.8. The third-order valence-corrected chi connectivity index (χ3v) is 6.63. The summed E-state index contributed by atoms with van der Waals surface area (Å²) in [6, 6.07) is 13.7. The Kier molecular flexibility index (Phi) is 4.55. The summed E-state index contributed by atoms with van der Waals surface area (Å²) in [5.74, 6) is -0.179. The van der Waals surface area contributed by atoms with E-state index in [1.165, 1.54) is 16.4 Å². The van der Waals surface area contributed by atoms with Crippen LogP contribution in [0.4, 0.5) is 11.4 Å². The third-order valence-electron chi connectivity index (χ3n) is 4.71. The highest BCUT2D eigenvalue weighted by atomic mass is 32.2. The van der Waals surface area contributed by atoms with Crippen molar-refractivity contribution in [2.45, 2.75) is 4.90 Å². The largest absolute Gasteiger partial charge is 0.379 e. The smallest absolute Gasteiger partial charge is 0.277 e. The maximum Gasteiger partial charge on any atom is 0.277 e. The number of hydrogen-bond acceptors (Lipinski definition) is 5. The zero-order valence-electron chi connectivity index (χ0n) is 14.8. The van der Waals surface area contributed by atoms with Crippen LogP contribution in [0.3, 0.4) is 0 Å². The molecule has 0 radical (unpaired) electrons. The van der Waals surface area contributed by atoms with E-state index < -0.39 is 10.0 Å². The molecule has 0 atom stereocenters. The number of amides is 1. The van der Waals surface area contributed by atoms with Crippen LogP contribution in [0.15, 0.2) is 58.4 Å². The number of para-hydroxylation sites is 1. The number of sulfonamides is 1. The van der Waals surface area contributed by atoms with Gasteiger partial charge in [-0.3, -0.25) is 4.79 Å². The average Bonchev–Trinajstić information content (AvgIpc) is 2.94. The summed E-state index contributed by atoms with van der Waals surface area (Å²) >= 11 is 0. The zero-order valence-corrected chi connectivity index (χ0v) is 15.6. The Morgan fingerprint density at radius 1 is 1.00 bits per heavy atom. The first-order valence-electron chi connectivity index (χ1n) is 8.62. The first-order valence-corrected chi connectivity index (χ1v) is 10.1. The van der Waals surface area contributed by atoms with Gasteiger partial charge in [0.1, 0.15) is 5.71 Å². The molecule has 0 bridgehead atoms. The van der Waals surface area contributed by atoms with Crippen molar-refractivity contribution in [3.63, 3.8) is 0 Å². The summed E-state index contributed by atoms with van der Waals surface area (Å²) in [7, 11) is -1.83. The lowest BCUT2D eigenvalue weighted by molar-refractivity contribution is -0.111. The highest BCUT2D eigenvalue weighted by molar-refractivity contribution is 7.89. The second-order valence-electron chi connectivity index (χ2n) is 6.35. The summed E-state index contributed by atoms with van der Waals surface area (Å²) in [6.45, 7) is 1.51. The molecular weight excluding hydrogens is 366 g/mol. The van der Waals surface area contributed by atoms with Crippen LogP contribution >= 0.6 is 0 Å². The van der Waals surface area contributed by atoms with Gasteiger partial charge in [0.2, 0.25) is 10.0 Å². The topological polar surface area (TPSA) is 79.3 Å². The van der Waals surface area contributed by atoms with Crippen molar-refractivity contribution in [3.05, 3.63) is 54.1 Å². The van der Waals surface area contributed by atoms with Gasteiger partial charge in [0.05, 0.1) is 29.5 Å². The van der Waals surface area contributed by atoms with Gasteiger partial charge in [-0.25, -0.2) is 13.4 Å². The normalized spacial score (nSPS) is 19.5. The first-order chi connectivity index (χ1) is 13.0. The van der Waals surface area contributed by atoms with Gasteiger partial charge >= 0.3 is 0 Å². The van der Waals surface area contributed by atoms with Gasteiger partial charge in [-0.2, -0.15) is 4.31 Å². The van der Waals surface area contributed by atoms with E-state index in [1.54, 1.807) is 24.1 Å². The molecule has 0 aromatic heterocycles. The van der Waals surface area contributed by atoms with E-state index in [1.807, 2.05) is 24.3 Å². The van der Waals surface area contributed by atoms with E-state index in [4.69, 9.17) is 4.74 Å². The number of nitrogens with zero attached hydrogens (tertiary/aromatic N) is 3. The van der Waals surface area contributed by atoms with Crippen LogP contribution in [0.5, 0.6) is 0 Å². The van der Waals surface area contributed by atoms with Crippen molar-refractivity contribution >= 4 is 33.0 Å². The molecule has 2 aliphatic heterocycles. The molecule has 7 nitrogen and oxygen atoms in total. The number of fused-ring (bicyclic) bond motifs is 1. The van der Waals surface area contributed by atoms with E-state index >= 15 is 0 Å². The summed E-state index contributed by atoms with van der Waals surface area (Å²) < 4.78 is 32.0. The molecule has 0 N–H and O–H groups in total. The predicted molar refractivity (Wildman–Crippen MR) is 102 cm³/mol.